The molecule has 5 heteroatoms. The van der Waals surface area contributed by atoms with Crippen molar-refractivity contribution in [2.75, 3.05) is 31.6 Å². The Balaban J connectivity index is 2.30. The van der Waals surface area contributed by atoms with E-state index in [1.165, 1.54) is 0 Å². The van der Waals surface area contributed by atoms with Crippen LogP contribution < -0.4 is 4.90 Å². The Morgan fingerprint density at radius 1 is 1.35 bits per heavy atom. The number of hydrogen-bond acceptors (Lipinski definition) is 3. The molecule has 0 saturated carbocycles. The molecular formula is C12H13ClN2O2. The summed E-state index contributed by atoms with van der Waals surface area (Å²) in [7, 11) is 1.78. The average molecular weight is 253 g/mol. The summed E-state index contributed by atoms with van der Waals surface area (Å²) in [5.41, 5.74) is 1.29. The number of benzene rings is 1. The lowest BCUT2D eigenvalue weighted by Crippen LogP contribution is -2.48. The average Bonchev–Trinajstić information content (AvgIpc) is 2.32. The van der Waals surface area contributed by atoms with Crippen LogP contribution in [0, 0.1) is 0 Å². The highest BCUT2D eigenvalue weighted by Gasteiger charge is 2.22. The van der Waals surface area contributed by atoms with Gasteiger partial charge in [0.15, 0.2) is 6.29 Å². The first-order chi connectivity index (χ1) is 8.11. The van der Waals surface area contributed by atoms with E-state index >= 15 is 0 Å². The zero-order valence-corrected chi connectivity index (χ0v) is 10.3. The Labute approximate surface area is 105 Å². The van der Waals surface area contributed by atoms with E-state index in [0.29, 0.717) is 23.7 Å². The van der Waals surface area contributed by atoms with Crippen molar-refractivity contribution in [1.29, 1.82) is 0 Å². The number of amides is 1. The van der Waals surface area contributed by atoms with Crippen LogP contribution in [-0.2, 0) is 4.79 Å². The number of hydrogen-bond donors (Lipinski definition) is 0. The molecule has 4 nitrogen and oxygen atoms in total. The first kappa shape index (κ1) is 11.9. The van der Waals surface area contributed by atoms with Gasteiger partial charge in [-0.25, -0.2) is 0 Å². The molecule has 1 aliphatic heterocycles. The van der Waals surface area contributed by atoms with E-state index in [9.17, 15) is 9.59 Å². The predicted molar refractivity (Wildman–Crippen MR) is 66.7 cm³/mol. The van der Waals surface area contributed by atoms with E-state index in [2.05, 4.69) is 0 Å². The van der Waals surface area contributed by atoms with Gasteiger partial charge >= 0.3 is 0 Å². The lowest BCUT2D eigenvalue weighted by Gasteiger charge is -2.34. The third-order valence-electron chi connectivity index (χ3n) is 2.92. The molecule has 0 spiro atoms. The van der Waals surface area contributed by atoms with Gasteiger partial charge in [-0.15, -0.1) is 0 Å². The van der Waals surface area contributed by atoms with E-state index in [0.717, 1.165) is 12.0 Å². The van der Waals surface area contributed by atoms with Crippen molar-refractivity contribution in [3.63, 3.8) is 0 Å². The Hall–Kier alpha value is -1.55. The minimum absolute atomic E-state index is 0.0491. The van der Waals surface area contributed by atoms with Crippen molar-refractivity contribution in [1.82, 2.24) is 4.90 Å². The molecular weight excluding hydrogens is 240 g/mol. The molecule has 1 saturated heterocycles. The summed E-state index contributed by atoms with van der Waals surface area (Å²) in [5.74, 6) is 0.0491. The van der Waals surface area contributed by atoms with Gasteiger partial charge in [-0.1, -0.05) is 11.6 Å². The summed E-state index contributed by atoms with van der Waals surface area (Å²) >= 11 is 5.92. The van der Waals surface area contributed by atoms with Crippen LogP contribution in [0.1, 0.15) is 10.4 Å². The molecule has 1 aromatic carbocycles. The fraction of sp³-hybridized carbons (Fsp3) is 0.333. The van der Waals surface area contributed by atoms with Crippen molar-refractivity contribution >= 4 is 29.5 Å². The van der Waals surface area contributed by atoms with Gasteiger partial charge in [0, 0.05) is 36.4 Å². The molecule has 90 valence electrons. The highest BCUT2D eigenvalue weighted by molar-refractivity contribution is 6.31. The second kappa shape index (κ2) is 4.75. The Morgan fingerprint density at radius 3 is 2.76 bits per heavy atom. The number of likely N-dealkylation sites (N-methyl/N-ethyl adjacent to an activating group) is 1. The summed E-state index contributed by atoms with van der Waals surface area (Å²) in [4.78, 5) is 26.2. The van der Waals surface area contributed by atoms with E-state index < -0.39 is 0 Å². The second-order valence-corrected chi connectivity index (χ2v) is 4.49. The molecule has 0 atom stereocenters. The molecule has 1 heterocycles. The van der Waals surface area contributed by atoms with Crippen LogP contribution in [0.4, 0.5) is 5.69 Å². The summed E-state index contributed by atoms with van der Waals surface area (Å²) in [6.45, 7) is 1.66. The maximum absolute atomic E-state index is 11.6. The van der Waals surface area contributed by atoms with Gasteiger partial charge in [-0.2, -0.15) is 0 Å². The normalized spacial score (nSPS) is 16.2. The number of carbonyl (C=O) groups excluding carboxylic acids is 2. The van der Waals surface area contributed by atoms with Crippen molar-refractivity contribution in [3.8, 4) is 0 Å². The van der Waals surface area contributed by atoms with Gasteiger partial charge in [0.05, 0.1) is 6.54 Å². The lowest BCUT2D eigenvalue weighted by atomic mass is 10.1. The maximum atomic E-state index is 11.6. The molecule has 1 aliphatic rings. The van der Waals surface area contributed by atoms with Crippen LogP contribution in [0.3, 0.4) is 0 Å². The van der Waals surface area contributed by atoms with E-state index in [1.807, 2.05) is 4.90 Å². The molecule has 1 fully saturated rings. The highest BCUT2D eigenvalue weighted by Crippen LogP contribution is 2.24. The number of anilines is 1. The molecule has 0 aliphatic carbocycles. The maximum Gasteiger partial charge on any atom is 0.241 e. The standard InChI is InChI=1S/C12H13ClN2O2/c1-14-4-5-15(7-12(14)17)11-6-10(13)3-2-9(11)8-16/h2-3,6,8H,4-5,7H2,1H3. The molecule has 0 radical (unpaired) electrons. The fourth-order valence-electron chi connectivity index (χ4n) is 1.85. The zero-order valence-electron chi connectivity index (χ0n) is 9.52. The topological polar surface area (TPSA) is 40.6 Å². The SMILES string of the molecule is CN1CCN(c2cc(Cl)ccc2C=O)CC1=O. The van der Waals surface area contributed by atoms with Gasteiger partial charge in [-0.3, -0.25) is 9.59 Å². The van der Waals surface area contributed by atoms with E-state index in [4.69, 9.17) is 11.6 Å². The van der Waals surface area contributed by atoms with Crippen LogP contribution in [0.2, 0.25) is 5.02 Å². The van der Waals surface area contributed by atoms with Crippen molar-refractivity contribution in [2.45, 2.75) is 0 Å². The predicted octanol–water partition coefficient (Wildman–Crippen LogP) is 1.43. The lowest BCUT2D eigenvalue weighted by molar-refractivity contribution is -0.129. The van der Waals surface area contributed by atoms with E-state index in [1.54, 1.807) is 30.1 Å². The van der Waals surface area contributed by atoms with Gasteiger partial charge in [0.25, 0.3) is 0 Å². The number of aldehydes is 1. The molecule has 0 aromatic heterocycles. The van der Waals surface area contributed by atoms with Crippen molar-refractivity contribution in [2.24, 2.45) is 0 Å². The number of rotatable bonds is 2. The Kier molecular flexibility index (Phi) is 3.33. The smallest absolute Gasteiger partial charge is 0.241 e. The van der Waals surface area contributed by atoms with Crippen molar-refractivity contribution < 1.29 is 9.59 Å². The monoisotopic (exact) mass is 252 g/mol. The molecule has 2 rings (SSSR count). The molecule has 1 amide bonds. The summed E-state index contributed by atoms with van der Waals surface area (Å²) in [6.07, 6.45) is 0.786. The quantitative estimate of drug-likeness (QED) is 0.748. The summed E-state index contributed by atoms with van der Waals surface area (Å²) in [5, 5.41) is 0.567. The molecule has 0 N–H and O–H groups in total. The van der Waals surface area contributed by atoms with Gasteiger partial charge in [0.2, 0.25) is 5.91 Å². The molecule has 17 heavy (non-hydrogen) atoms. The van der Waals surface area contributed by atoms with Gasteiger partial charge in [-0.05, 0) is 18.2 Å². The Morgan fingerprint density at radius 2 is 2.12 bits per heavy atom. The van der Waals surface area contributed by atoms with Crippen LogP contribution >= 0.6 is 11.6 Å². The minimum atomic E-state index is 0.0491. The number of nitrogens with zero attached hydrogens (tertiary/aromatic N) is 2. The van der Waals surface area contributed by atoms with Gasteiger partial charge in [0.1, 0.15) is 0 Å². The molecule has 0 bridgehead atoms. The first-order valence-electron chi connectivity index (χ1n) is 5.35. The van der Waals surface area contributed by atoms with E-state index in [-0.39, 0.29) is 12.5 Å². The largest absolute Gasteiger partial charge is 0.360 e. The minimum Gasteiger partial charge on any atom is -0.360 e. The number of carbonyl (C=O) groups is 2. The van der Waals surface area contributed by atoms with Crippen LogP contribution in [0.5, 0.6) is 0 Å². The van der Waals surface area contributed by atoms with Crippen molar-refractivity contribution in [3.05, 3.63) is 28.8 Å². The Bertz CT molecular complexity index is 462. The second-order valence-electron chi connectivity index (χ2n) is 4.06. The third-order valence-corrected chi connectivity index (χ3v) is 3.15. The molecule has 1 aromatic rings. The van der Waals surface area contributed by atoms with Crippen LogP contribution in [0.25, 0.3) is 0 Å². The summed E-state index contributed by atoms with van der Waals surface area (Å²) in [6, 6.07) is 5.07. The highest BCUT2D eigenvalue weighted by atomic mass is 35.5. The zero-order chi connectivity index (χ0) is 12.4. The number of halogens is 1. The third kappa shape index (κ3) is 2.42. The fourth-order valence-corrected chi connectivity index (χ4v) is 2.02. The van der Waals surface area contributed by atoms with Crippen LogP contribution in [0.15, 0.2) is 18.2 Å². The molecule has 0 unspecified atom stereocenters. The van der Waals surface area contributed by atoms with Crippen LogP contribution in [-0.4, -0.2) is 43.8 Å². The number of piperazine rings is 1. The first-order valence-corrected chi connectivity index (χ1v) is 5.73. The van der Waals surface area contributed by atoms with Gasteiger partial charge < -0.3 is 9.80 Å². The summed E-state index contributed by atoms with van der Waals surface area (Å²) < 4.78 is 0.